The predicted octanol–water partition coefficient (Wildman–Crippen LogP) is 6.36. The summed E-state index contributed by atoms with van der Waals surface area (Å²) < 4.78 is 41.1. The van der Waals surface area contributed by atoms with Gasteiger partial charge in [-0.25, -0.2) is 4.98 Å². The molecule has 1 amide bonds. The Hall–Kier alpha value is -2.81. The van der Waals surface area contributed by atoms with E-state index in [-0.39, 0.29) is 11.6 Å². The highest BCUT2D eigenvalue weighted by Gasteiger charge is 2.30. The molecule has 5 nitrogen and oxygen atoms in total. The molecule has 0 saturated heterocycles. The Labute approximate surface area is 207 Å². The lowest BCUT2D eigenvalue weighted by Crippen LogP contribution is -2.24. The highest BCUT2D eigenvalue weighted by molar-refractivity contribution is 7.99. The molecule has 0 aliphatic heterocycles. The van der Waals surface area contributed by atoms with Gasteiger partial charge in [-0.15, -0.1) is 0 Å². The number of carbonyl (C=O) groups is 1. The number of thioether (sulfide) groups is 1. The minimum Gasteiger partial charge on any atom is -0.356 e. The van der Waals surface area contributed by atoms with Crippen LogP contribution in [0.2, 0.25) is 0 Å². The first-order valence-electron chi connectivity index (χ1n) is 11.9. The van der Waals surface area contributed by atoms with Gasteiger partial charge in [-0.05, 0) is 49.6 Å². The Morgan fingerprint density at radius 2 is 1.83 bits per heavy atom. The predicted molar refractivity (Wildman–Crippen MR) is 134 cm³/mol. The number of para-hydroxylation sites is 1. The van der Waals surface area contributed by atoms with Crippen molar-refractivity contribution in [1.82, 2.24) is 14.9 Å². The van der Waals surface area contributed by atoms with Gasteiger partial charge in [-0.2, -0.15) is 13.2 Å². The molecule has 0 radical (unpaired) electrons. The minimum absolute atomic E-state index is 0.0243. The average molecular weight is 506 g/mol. The fraction of sp³-hybridized carbons (Fsp3) is 0.423. The summed E-state index contributed by atoms with van der Waals surface area (Å²) in [5.74, 6) is 0.601. The number of hydrogen-bond acceptors (Lipinski definition) is 4. The third kappa shape index (κ3) is 7.59. The molecule has 0 saturated carbocycles. The van der Waals surface area contributed by atoms with Crippen LogP contribution in [0.4, 0.5) is 13.2 Å². The second-order valence-corrected chi connectivity index (χ2v) is 9.38. The molecule has 3 aromatic rings. The molecule has 0 aliphatic rings. The van der Waals surface area contributed by atoms with Crippen molar-refractivity contribution in [3.63, 3.8) is 0 Å². The van der Waals surface area contributed by atoms with Crippen LogP contribution in [0.5, 0.6) is 0 Å². The summed E-state index contributed by atoms with van der Waals surface area (Å²) >= 11 is 1.30. The van der Waals surface area contributed by atoms with Gasteiger partial charge < -0.3 is 5.32 Å². The molecule has 2 aromatic carbocycles. The van der Waals surface area contributed by atoms with Gasteiger partial charge in [0.2, 0.25) is 5.91 Å². The molecule has 0 fully saturated rings. The number of amides is 1. The molecule has 0 unspecified atom stereocenters. The zero-order valence-electron chi connectivity index (χ0n) is 19.7. The molecule has 0 atom stereocenters. The van der Waals surface area contributed by atoms with Crippen LogP contribution in [0.15, 0.2) is 58.5 Å². The van der Waals surface area contributed by atoms with E-state index in [0.717, 1.165) is 31.4 Å². The van der Waals surface area contributed by atoms with Gasteiger partial charge in [0.1, 0.15) is 0 Å². The van der Waals surface area contributed by atoms with E-state index in [1.807, 2.05) is 0 Å². The Balaban J connectivity index is 1.70. The van der Waals surface area contributed by atoms with Gasteiger partial charge in [0.15, 0.2) is 5.16 Å². The molecular formula is C26H30F3N3O2S. The molecule has 9 heteroatoms. The van der Waals surface area contributed by atoms with E-state index in [9.17, 15) is 22.8 Å². The van der Waals surface area contributed by atoms with E-state index in [2.05, 4.69) is 17.2 Å². The highest BCUT2D eigenvalue weighted by Crippen LogP contribution is 2.31. The molecule has 35 heavy (non-hydrogen) atoms. The van der Waals surface area contributed by atoms with Crippen LogP contribution in [-0.4, -0.2) is 27.8 Å². The van der Waals surface area contributed by atoms with Crippen molar-refractivity contribution in [2.24, 2.45) is 0 Å². The second kappa shape index (κ2) is 12.8. The van der Waals surface area contributed by atoms with Crippen molar-refractivity contribution >= 4 is 28.6 Å². The van der Waals surface area contributed by atoms with Gasteiger partial charge in [0.25, 0.3) is 5.56 Å². The molecule has 1 heterocycles. The maximum atomic E-state index is 13.3. The number of hydrogen-bond donors (Lipinski definition) is 1. The summed E-state index contributed by atoms with van der Waals surface area (Å²) in [6, 6.07) is 11.5. The monoisotopic (exact) mass is 505 g/mol. The van der Waals surface area contributed by atoms with Gasteiger partial charge in [0.05, 0.1) is 22.2 Å². The van der Waals surface area contributed by atoms with Crippen molar-refractivity contribution < 1.29 is 18.0 Å². The molecule has 188 valence electrons. The largest absolute Gasteiger partial charge is 0.416 e. The van der Waals surface area contributed by atoms with Crippen molar-refractivity contribution in [3.8, 4) is 5.69 Å². The first kappa shape index (κ1) is 26.8. The third-order valence-electron chi connectivity index (χ3n) is 5.56. The topological polar surface area (TPSA) is 64.0 Å². The first-order valence-corrected chi connectivity index (χ1v) is 12.9. The summed E-state index contributed by atoms with van der Waals surface area (Å²) in [6.45, 7) is 2.83. The molecule has 1 N–H and O–H groups in total. The lowest BCUT2D eigenvalue weighted by atomic mass is 10.2. The number of aromatic nitrogens is 2. The number of rotatable bonds is 12. The SMILES string of the molecule is CCCCCCNC(=O)CCCCSc1nc2ccccc2c(=O)n1-c1cccc(C(F)(F)F)c1. The van der Waals surface area contributed by atoms with Crippen LogP contribution in [-0.2, 0) is 11.0 Å². The summed E-state index contributed by atoms with van der Waals surface area (Å²) in [6.07, 6.45) is 1.69. The molecule has 3 rings (SSSR count). The number of fused-ring (bicyclic) bond motifs is 1. The Morgan fingerprint density at radius 3 is 2.60 bits per heavy atom. The molecule has 0 bridgehead atoms. The maximum absolute atomic E-state index is 13.3. The van der Waals surface area contributed by atoms with Crippen molar-refractivity contribution in [3.05, 3.63) is 64.4 Å². The number of benzene rings is 2. The second-order valence-electron chi connectivity index (χ2n) is 8.32. The van der Waals surface area contributed by atoms with Crippen LogP contribution in [0.1, 0.15) is 57.4 Å². The molecule has 0 aliphatic carbocycles. The summed E-state index contributed by atoms with van der Waals surface area (Å²) in [5, 5.41) is 3.60. The summed E-state index contributed by atoms with van der Waals surface area (Å²) in [7, 11) is 0. The van der Waals surface area contributed by atoms with Crippen LogP contribution in [0.3, 0.4) is 0 Å². The maximum Gasteiger partial charge on any atom is 0.416 e. The standard InChI is InChI=1S/C26H30F3N3O2S/c1-2-3-4-8-16-30-23(33)15-7-9-17-35-25-31-22-14-6-5-13-21(22)24(34)32(25)20-12-10-11-19(18-20)26(27,28)29/h5-6,10-14,18H,2-4,7-9,15-17H2,1H3,(H,30,33). The first-order chi connectivity index (χ1) is 16.8. The van der Waals surface area contributed by atoms with Crippen LogP contribution >= 0.6 is 11.8 Å². The Morgan fingerprint density at radius 1 is 1.03 bits per heavy atom. The summed E-state index contributed by atoms with van der Waals surface area (Å²) in [5.41, 5.74) is -0.634. The van der Waals surface area contributed by atoms with Crippen LogP contribution in [0.25, 0.3) is 16.6 Å². The van der Waals surface area contributed by atoms with Crippen molar-refractivity contribution in [1.29, 1.82) is 0 Å². The average Bonchev–Trinajstić information content (AvgIpc) is 2.83. The lowest BCUT2D eigenvalue weighted by Gasteiger charge is -2.15. The zero-order chi connectivity index (χ0) is 25.3. The van der Waals surface area contributed by atoms with E-state index in [0.29, 0.717) is 47.6 Å². The summed E-state index contributed by atoms with van der Waals surface area (Å²) in [4.78, 5) is 29.8. The van der Waals surface area contributed by atoms with E-state index in [1.54, 1.807) is 24.3 Å². The number of alkyl halides is 3. The fourth-order valence-electron chi connectivity index (χ4n) is 3.68. The molecule has 0 spiro atoms. The lowest BCUT2D eigenvalue weighted by molar-refractivity contribution is -0.137. The van der Waals surface area contributed by atoms with Gasteiger partial charge in [-0.3, -0.25) is 14.2 Å². The number of unbranched alkanes of at least 4 members (excludes halogenated alkanes) is 4. The number of nitrogens with one attached hydrogen (secondary N) is 1. The van der Waals surface area contributed by atoms with E-state index in [1.165, 1.54) is 34.9 Å². The van der Waals surface area contributed by atoms with Gasteiger partial charge in [-0.1, -0.05) is 56.1 Å². The zero-order valence-corrected chi connectivity index (χ0v) is 20.6. The number of halogens is 3. The highest BCUT2D eigenvalue weighted by atomic mass is 32.2. The number of carbonyl (C=O) groups excluding carboxylic acids is 1. The Bertz CT molecular complexity index is 1190. The number of nitrogens with zero attached hydrogens (tertiary/aromatic N) is 2. The van der Waals surface area contributed by atoms with Gasteiger partial charge >= 0.3 is 6.18 Å². The molecule has 1 aromatic heterocycles. The smallest absolute Gasteiger partial charge is 0.356 e. The molecular weight excluding hydrogens is 475 g/mol. The fourth-order valence-corrected chi connectivity index (χ4v) is 4.69. The van der Waals surface area contributed by atoms with Crippen molar-refractivity contribution in [2.45, 2.75) is 63.2 Å². The third-order valence-corrected chi connectivity index (χ3v) is 6.58. The minimum atomic E-state index is -4.52. The van der Waals surface area contributed by atoms with E-state index < -0.39 is 17.3 Å². The van der Waals surface area contributed by atoms with Crippen LogP contribution < -0.4 is 10.9 Å². The van der Waals surface area contributed by atoms with E-state index >= 15 is 0 Å². The van der Waals surface area contributed by atoms with Gasteiger partial charge in [0, 0.05) is 18.7 Å². The van der Waals surface area contributed by atoms with E-state index in [4.69, 9.17) is 0 Å². The normalized spacial score (nSPS) is 11.7. The quantitative estimate of drug-likeness (QED) is 0.177. The van der Waals surface area contributed by atoms with Crippen molar-refractivity contribution in [2.75, 3.05) is 12.3 Å². The Kier molecular flexibility index (Phi) is 9.77. The van der Waals surface area contributed by atoms with Crippen LogP contribution in [0, 0.1) is 0 Å².